The van der Waals surface area contributed by atoms with Gasteiger partial charge in [0.25, 0.3) is 0 Å². The van der Waals surface area contributed by atoms with E-state index in [0.717, 1.165) is 38.2 Å². The maximum absolute atomic E-state index is 13.5. The molecule has 104 valence electrons. The molecule has 2 heterocycles. The van der Waals surface area contributed by atoms with Gasteiger partial charge < -0.3 is 14.8 Å². The maximum atomic E-state index is 13.5. The highest BCUT2D eigenvalue weighted by atomic mass is 19.1. The molecule has 0 aliphatic carbocycles. The fourth-order valence-corrected chi connectivity index (χ4v) is 2.93. The second-order valence-corrected chi connectivity index (χ2v) is 5.63. The minimum Gasteiger partial charge on any atom is -0.382 e. The third-order valence-corrected chi connectivity index (χ3v) is 4.10. The number of rotatable bonds is 2. The third kappa shape index (κ3) is 2.74. The number of hydrogen-bond donors (Lipinski definition) is 1. The molecule has 1 aromatic rings. The first-order chi connectivity index (χ1) is 9.17. The summed E-state index contributed by atoms with van der Waals surface area (Å²) >= 11 is 0. The quantitative estimate of drug-likeness (QED) is 0.892. The molecule has 4 heteroatoms. The van der Waals surface area contributed by atoms with E-state index in [-0.39, 0.29) is 11.4 Å². The Balaban J connectivity index is 1.67. The van der Waals surface area contributed by atoms with Crippen molar-refractivity contribution >= 4 is 5.69 Å². The topological polar surface area (TPSA) is 30.5 Å². The van der Waals surface area contributed by atoms with Gasteiger partial charge in [0, 0.05) is 31.4 Å². The highest BCUT2D eigenvalue weighted by Crippen LogP contribution is 2.34. The molecule has 2 saturated heterocycles. The number of hydrogen-bond acceptors (Lipinski definition) is 3. The van der Waals surface area contributed by atoms with Crippen LogP contribution in [0.15, 0.2) is 18.2 Å². The molecule has 2 aliphatic rings. The van der Waals surface area contributed by atoms with Gasteiger partial charge in [-0.15, -0.1) is 0 Å². The van der Waals surface area contributed by atoms with Gasteiger partial charge in [-0.1, -0.05) is 6.07 Å². The van der Waals surface area contributed by atoms with Crippen LogP contribution in [0.3, 0.4) is 0 Å². The summed E-state index contributed by atoms with van der Waals surface area (Å²) < 4.78 is 24.9. The molecule has 1 N–H and O–H groups in total. The van der Waals surface area contributed by atoms with Crippen molar-refractivity contribution < 1.29 is 13.9 Å². The zero-order valence-corrected chi connectivity index (χ0v) is 11.2. The lowest BCUT2D eigenvalue weighted by Gasteiger charge is -2.37. The minimum atomic E-state index is -0.157. The lowest BCUT2D eigenvalue weighted by atomic mass is 9.89. The number of aryl methyl sites for hydroxylation is 1. The van der Waals surface area contributed by atoms with Crippen LogP contribution in [0.1, 0.15) is 24.8 Å². The summed E-state index contributed by atoms with van der Waals surface area (Å²) in [4.78, 5) is 0. The minimum absolute atomic E-state index is 0.112. The summed E-state index contributed by atoms with van der Waals surface area (Å²) in [7, 11) is 0. The van der Waals surface area contributed by atoms with Crippen molar-refractivity contribution in [3.8, 4) is 0 Å². The number of anilines is 1. The highest BCUT2D eigenvalue weighted by Gasteiger charge is 2.40. The normalized spacial score (nSPS) is 30.7. The number of ether oxygens (including phenoxy) is 2. The van der Waals surface area contributed by atoms with E-state index in [1.165, 1.54) is 0 Å². The van der Waals surface area contributed by atoms with Crippen LogP contribution < -0.4 is 5.32 Å². The van der Waals surface area contributed by atoms with Crippen molar-refractivity contribution in [2.75, 3.05) is 25.1 Å². The number of halogens is 1. The monoisotopic (exact) mass is 265 g/mol. The van der Waals surface area contributed by atoms with Gasteiger partial charge in [-0.05, 0) is 37.5 Å². The Kier molecular flexibility index (Phi) is 3.46. The number of benzene rings is 1. The van der Waals surface area contributed by atoms with Crippen molar-refractivity contribution in [3.05, 3.63) is 29.6 Å². The van der Waals surface area contributed by atoms with Gasteiger partial charge >= 0.3 is 0 Å². The molecular weight excluding hydrogens is 245 g/mol. The van der Waals surface area contributed by atoms with E-state index in [1.807, 2.05) is 12.1 Å². The van der Waals surface area contributed by atoms with Crippen molar-refractivity contribution in [3.63, 3.8) is 0 Å². The van der Waals surface area contributed by atoms with E-state index in [1.54, 1.807) is 13.0 Å². The average Bonchev–Trinajstić information content (AvgIpc) is 2.82. The van der Waals surface area contributed by atoms with E-state index in [2.05, 4.69) is 5.32 Å². The van der Waals surface area contributed by atoms with Gasteiger partial charge in [-0.25, -0.2) is 4.39 Å². The third-order valence-electron chi connectivity index (χ3n) is 4.10. The first kappa shape index (κ1) is 12.9. The second-order valence-electron chi connectivity index (χ2n) is 5.63. The molecule has 2 unspecified atom stereocenters. The molecule has 2 atom stereocenters. The van der Waals surface area contributed by atoms with Crippen molar-refractivity contribution in [2.24, 2.45) is 0 Å². The SMILES string of the molecule is Cc1ccc(NC2CCOC3(CCOC3)C2)cc1F. The molecule has 0 radical (unpaired) electrons. The Labute approximate surface area is 113 Å². The van der Waals surface area contributed by atoms with Crippen LogP contribution in [0.2, 0.25) is 0 Å². The standard InChI is InChI=1S/C15H20FNO2/c1-11-2-3-12(8-14(11)16)17-13-4-6-19-15(9-13)5-7-18-10-15/h2-3,8,13,17H,4-7,9-10H2,1H3. The van der Waals surface area contributed by atoms with E-state index in [0.29, 0.717) is 18.2 Å². The molecule has 2 fully saturated rings. The van der Waals surface area contributed by atoms with Crippen molar-refractivity contribution in [2.45, 2.75) is 37.8 Å². The largest absolute Gasteiger partial charge is 0.382 e. The van der Waals surface area contributed by atoms with Crippen LogP contribution in [0.4, 0.5) is 10.1 Å². The van der Waals surface area contributed by atoms with Gasteiger partial charge in [0.05, 0.1) is 12.2 Å². The van der Waals surface area contributed by atoms with Gasteiger partial charge in [-0.2, -0.15) is 0 Å². The molecule has 19 heavy (non-hydrogen) atoms. The lowest BCUT2D eigenvalue weighted by Crippen LogP contribution is -2.44. The van der Waals surface area contributed by atoms with Crippen LogP contribution in [-0.4, -0.2) is 31.5 Å². The molecule has 0 saturated carbocycles. The Hall–Kier alpha value is -1.13. The molecule has 3 nitrogen and oxygen atoms in total. The van der Waals surface area contributed by atoms with Crippen LogP contribution in [-0.2, 0) is 9.47 Å². The summed E-state index contributed by atoms with van der Waals surface area (Å²) in [5.41, 5.74) is 1.42. The predicted octanol–water partition coefficient (Wildman–Crippen LogP) is 2.88. The van der Waals surface area contributed by atoms with Crippen LogP contribution >= 0.6 is 0 Å². The van der Waals surface area contributed by atoms with Crippen LogP contribution in [0.25, 0.3) is 0 Å². The molecule has 1 spiro atoms. The van der Waals surface area contributed by atoms with E-state index in [9.17, 15) is 4.39 Å². The summed E-state index contributed by atoms with van der Waals surface area (Å²) in [5, 5.41) is 3.42. The summed E-state index contributed by atoms with van der Waals surface area (Å²) in [6.45, 7) is 3.99. The van der Waals surface area contributed by atoms with Gasteiger partial charge in [0.1, 0.15) is 5.82 Å². The summed E-state index contributed by atoms with van der Waals surface area (Å²) in [6, 6.07) is 5.65. The summed E-state index contributed by atoms with van der Waals surface area (Å²) in [5.74, 6) is -0.157. The van der Waals surface area contributed by atoms with Crippen molar-refractivity contribution in [1.82, 2.24) is 0 Å². The zero-order chi connectivity index (χ0) is 13.3. The molecule has 0 aromatic heterocycles. The second kappa shape index (κ2) is 5.10. The van der Waals surface area contributed by atoms with Gasteiger partial charge in [0.2, 0.25) is 0 Å². The molecule has 0 amide bonds. The van der Waals surface area contributed by atoms with E-state index < -0.39 is 0 Å². The van der Waals surface area contributed by atoms with Crippen LogP contribution in [0, 0.1) is 12.7 Å². The van der Waals surface area contributed by atoms with Gasteiger partial charge in [-0.3, -0.25) is 0 Å². The van der Waals surface area contributed by atoms with E-state index in [4.69, 9.17) is 9.47 Å². The lowest BCUT2D eigenvalue weighted by molar-refractivity contribution is -0.0828. The Morgan fingerprint density at radius 2 is 2.26 bits per heavy atom. The fourth-order valence-electron chi connectivity index (χ4n) is 2.93. The molecule has 2 aliphatic heterocycles. The molecule has 0 bridgehead atoms. The zero-order valence-electron chi connectivity index (χ0n) is 11.2. The Bertz CT molecular complexity index is 457. The average molecular weight is 265 g/mol. The number of nitrogens with one attached hydrogen (secondary N) is 1. The molecule has 3 rings (SSSR count). The summed E-state index contributed by atoms with van der Waals surface area (Å²) in [6.07, 6.45) is 2.85. The molecular formula is C15H20FNO2. The Morgan fingerprint density at radius 1 is 1.37 bits per heavy atom. The fraction of sp³-hybridized carbons (Fsp3) is 0.600. The van der Waals surface area contributed by atoms with Crippen LogP contribution in [0.5, 0.6) is 0 Å². The first-order valence-electron chi connectivity index (χ1n) is 6.91. The van der Waals surface area contributed by atoms with Crippen molar-refractivity contribution in [1.29, 1.82) is 0 Å². The predicted molar refractivity (Wildman–Crippen MR) is 71.9 cm³/mol. The Morgan fingerprint density at radius 3 is 3.00 bits per heavy atom. The first-order valence-corrected chi connectivity index (χ1v) is 6.91. The maximum Gasteiger partial charge on any atom is 0.128 e. The highest BCUT2D eigenvalue weighted by molar-refractivity contribution is 5.46. The van der Waals surface area contributed by atoms with Gasteiger partial charge in [0.15, 0.2) is 0 Å². The molecule has 1 aromatic carbocycles. The smallest absolute Gasteiger partial charge is 0.128 e. The van der Waals surface area contributed by atoms with E-state index >= 15 is 0 Å².